The monoisotopic (exact) mass is 256 g/mol. The fourth-order valence-electron chi connectivity index (χ4n) is 1.90. The Labute approximate surface area is 109 Å². The Morgan fingerprint density at radius 1 is 1.50 bits per heavy atom. The molecule has 0 aliphatic carbocycles. The number of hydrogen-bond acceptors (Lipinski definition) is 4. The molecule has 0 bridgehead atoms. The van der Waals surface area contributed by atoms with Gasteiger partial charge in [0.1, 0.15) is 0 Å². The molecule has 2 N–H and O–H groups in total. The maximum absolute atomic E-state index is 11.9. The fraction of sp³-hybridized carbons (Fsp3) is 0.769. The number of carbonyl (C=O) groups excluding carboxylic acids is 1. The summed E-state index contributed by atoms with van der Waals surface area (Å²) < 4.78 is 10.7. The highest BCUT2D eigenvalue weighted by Crippen LogP contribution is 2.13. The lowest BCUT2D eigenvalue weighted by molar-refractivity contribution is -0.125. The molecule has 1 amide bonds. The maximum atomic E-state index is 11.9. The van der Waals surface area contributed by atoms with Gasteiger partial charge in [0.05, 0.1) is 32.3 Å². The molecule has 18 heavy (non-hydrogen) atoms. The van der Waals surface area contributed by atoms with E-state index in [4.69, 9.17) is 9.47 Å². The van der Waals surface area contributed by atoms with Gasteiger partial charge in [-0.25, -0.2) is 0 Å². The van der Waals surface area contributed by atoms with Crippen LogP contribution in [0.5, 0.6) is 0 Å². The Kier molecular flexibility index (Phi) is 6.93. The summed E-state index contributed by atoms with van der Waals surface area (Å²) in [6, 6.07) is 0.131. The summed E-state index contributed by atoms with van der Waals surface area (Å²) in [7, 11) is 0. The van der Waals surface area contributed by atoms with Crippen LogP contribution in [0.15, 0.2) is 12.2 Å². The maximum Gasteiger partial charge on any atom is 0.227 e. The molecular formula is C13H24N2O3. The number of likely N-dealkylation sites (N-methyl/N-ethyl adjacent to an activating group) is 1. The highest BCUT2D eigenvalue weighted by atomic mass is 16.5. The van der Waals surface area contributed by atoms with Crippen molar-refractivity contribution >= 4 is 5.91 Å². The molecule has 104 valence electrons. The molecule has 2 unspecified atom stereocenters. The van der Waals surface area contributed by atoms with E-state index in [1.54, 1.807) is 0 Å². The summed E-state index contributed by atoms with van der Waals surface area (Å²) in [4.78, 5) is 11.9. The van der Waals surface area contributed by atoms with Crippen molar-refractivity contribution in [2.45, 2.75) is 19.9 Å². The number of nitrogens with one attached hydrogen (secondary N) is 2. The zero-order valence-electron chi connectivity index (χ0n) is 11.3. The molecule has 2 atom stereocenters. The van der Waals surface area contributed by atoms with Crippen LogP contribution < -0.4 is 10.6 Å². The Bertz CT molecular complexity index is 281. The highest BCUT2D eigenvalue weighted by molar-refractivity contribution is 5.79. The second-order valence-corrected chi connectivity index (χ2v) is 4.61. The van der Waals surface area contributed by atoms with Gasteiger partial charge in [0.25, 0.3) is 0 Å². The zero-order chi connectivity index (χ0) is 13.4. The van der Waals surface area contributed by atoms with E-state index >= 15 is 0 Å². The number of carbonyl (C=O) groups is 1. The van der Waals surface area contributed by atoms with Crippen LogP contribution in [-0.2, 0) is 14.3 Å². The Hall–Kier alpha value is -0.910. The molecule has 1 fully saturated rings. The molecule has 0 radical (unpaired) electrons. The van der Waals surface area contributed by atoms with Gasteiger partial charge in [-0.3, -0.25) is 4.79 Å². The van der Waals surface area contributed by atoms with E-state index in [2.05, 4.69) is 17.2 Å². The van der Waals surface area contributed by atoms with E-state index in [1.807, 2.05) is 13.8 Å². The fourth-order valence-corrected chi connectivity index (χ4v) is 1.90. The van der Waals surface area contributed by atoms with E-state index in [0.717, 1.165) is 12.1 Å². The third-order valence-electron chi connectivity index (χ3n) is 2.78. The van der Waals surface area contributed by atoms with Crippen molar-refractivity contribution in [1.29, 1.82) is 0 Å². The lowest BCUT2D eigenvalue weighted by Gasteiger charge is -2.17. The molecule has 1 aliphatic heterocycles. The molecule has 0 saturated carbocycles. The first-order valence-corrected chi connectivity index (χ1v) is 6.46. The van der Waals surface area contributed by atoms with E-state index in [-0.39, 0.29) is 17.9 Å². The summed E-state index contributed by atoms with van der Waals surface area (Å²) in [5.41, 5.74) is 0.984. The van der Waals surface area contributed by atoms with Crippen LogP contribution in [0, 0.1) is 5.92 Å². The second kappa shape index (κ2) is 8.24. The van der Waals surface area contributed by atoms with Gasteiger partial charge in [0.2, 0.25) is 5.91 Å². The molecule has 0 aromatic heterocycles. The van der Waals surface area contributed by atoms with E-state index in [9.17, 15) is 4.79 Å². The first-order valence-electron chi connectivity index (χ1n) is 6.46. The van der Waals surface area contributed by atoms with Crippen molar-refractivity contribution in [2.75, 3.05) is 39.5 Å². The third-order valence-corrected chi connectivity index (χ3v) is 2.78. The molecule has 1 aliphatic rings. The first kappa shape index (κ1) is 15.1. The van der Waals surface area contributed by atoms with E-state index < -0.39 is 0 Å². The minimum absolute atomic E-state index is 0.0392. The predicted molar refractivity (Wildman–Crippen MR) is 70.4 cm³/mol. The van der Waals surface area contributed by atoms with Crippen LogP contribution in [0.3, 0.4) is 0 Å². The van der Waals surface area contributed by atoms with Gasteiger partial charge in [-0.15, -0.1) is 0 Å². The van der Waals surface area contributed by atoms with Crippen LogP contribution in [0.2, 0.25) is 0 Å². The van der Waals surface area contributed by atoms with Gasteiger partial charge in [-0.2, -0.15) is 0 Å². The smallest absolute Gasteiger partial charge is 0.227 e. The molecule has 1 rings (SSSR count). The molecule has 5 heteroatoms. The lowest BCUT2D eigenvalue weighted by Crippen LogP contribution is -2.44. The summed E-state index contributed by atoms with van der Waals surface area (Å²) in [5.74, 6) is -0.0523. The normalized spacial score (nSPS) is 23.0. The van der Waals surface area contributed by atoms with Crippen molar-refractivity contribution in [2.24, 2.45) is 5.92 Å². The number of rotatable bonds is 8. The van der Waals surface area contributed by atoms with E-state index in [0.29, 0.717) is 33.0 Å². The zero-order valence-corrected chi connectivity index (χ0v) is 11.3. The van der Waals surface area contributed by atoms with Gasteiger partial charge in [-0.1, -0.05) is 19.1 Å². The van der Waals surface area contributed by atoms with Crippen LogP contribution >= 0.6 is 0 Å². The standard InChI is InChI=1S/C13H24N2O3/c1-4-14-12-9-18-8-11(12)13(16)15-5-6-17-7-10(2)3/h11-12,14H,2,4-9H2,1,3H3,(H,15,16). The molecule has 1 heterocycles. The van der Waals surface area contributed by atoms with E-state index in [1.165, 1.54) is 0 Å². The third kappa shape index (κ3) is 5.16. The number of hydrogen-bond donors (Lipinski definition) is 2. The molecule has 1 saturated heterocycles. The van der Waals surface area contributed by atoms with Crippen molar-refractivity contribution in [3.63, 3.8) is 0 Å². The summed E-state index contributed by atoms with van der Waals surface area (Å²) >= 11 is 0. The quantitative estimate of drug-likeness (QED) is 0.485. The SMILES string of the molecule is C=C(C)COCCNC(=O)C1COCC1NCC. The molecule has 5 nitrogen and oxygen atoms in total. The predicted octanol–water partition coefficient (Wildman–Crippen LogP) is 0.320. The second-order valence-electron chi connectivity index (χ2n) is 4.61. The molecular weight excluding hydrogens is 232 g/mol. The van der Waals surface area contributed by atoms with Gasteiger partial charge in [0.15, 0.2) is 0 Å². The van der Waals surface area contributed by atoms with Gasteiger partial charge in [-0.05, 0) is 13.5 Å². The first-order chi connectivity index (χ1) is 8.65. The Morgan fingerprint density at radius 2 is 2.28 bits per heavy atom. The van der Waals surface area contributed by atoms with Crippen molar-refractivity contribution in [3.05, 3.63) is 12.2 Å². The average Bonchev–Trinajstić information content (AvgIpc) is 2.77. The van der Waals surface area contributed by atoms with Crippen molar-refractivity contribution in [3.8, 4) is 0 Å². The van der Waals surface area contributed by atoms with Crippen LogP contribution in [0.1, 0.15) is 13.8 Å². The average molecular weight is 256 g/mol. The number of ether oxygens (including phenoxy) is 2. The van der Waals surface area contributed by atoms with Crippen LogP contribution in [0.25, 0.3) is 0 Å². The van der Waals surface area contributed by atoms with Gasteiger partial charge < -0.3 is 20.1 Å². The van der Waals surface area contributed by atoms with Crippen molar-refractivity contribution < 1.29 is 14.3 Å². The molecule has 0 aromatic rings. The molecule has 0 spiro atoms. The molecule has 0 aromatic carbocycles. The van der Waals surface area contributed by atoms with Crippen LogP contribution in [-0.4, -0.2) is 51.5 Å². The summed E-state index contributed by atoms with van der Waals surface area (Å²) in [6.07, 6.45) is 0. The number of amides is 1. The Morgan fingerprint density at radius 3 is 2.94 bits per heavy atom. The largest absolute Gasteiger partial charge is 0.379 e. The lowest BCUT2D eigenvalue weighted by atomic mass is 10.0. The minimum atomic E-state index is -0.0916. The topological polar surface area (TPSA) is 59.6 Å². The van der Waals surface area contributed by atoms with Gasteiger partial charge in [0, 0.05) is 12.6 Å². The summed E-state index contributed by atoms with van der Waals surface area (Å²) in [6.45, 7) is 11.2. The summed E-state index contributed by atoms with van der Waals surface area (Å²) in [5, 5.41) is 6.14. The minimum Gasteiger partial charge on any atom is -0.379 e. The van der Waals surface area contributed by atoms with Gasteiger partial charge >= 0.3 is 0 Å². The van der Waals surface area contributed by atoms with Crippen LogP contribution in [0.4, 0.5) is 0 Å². The highest BCUT2D eigenvalue weighted by Gasteiger charge is 2.33. The van der Waals surface area contributed by atoms with Crippen molar-refractivity contribution in [1.82, 2.24) is 10.6 Å². The Balaban J connectivity index is 2.17.